The van der Waals surface area contributed by atoms with Crippen LogP contribution < -0.4 is 5.32 Å². The van der Waals surface area contributed by atoms with Crippen LogP contribution in [0.1, 0.15) is 12.0 Å². The molecule has 2 amide bonds. The largest absolute Gasteiger partial charge is 0.355 e. The van der Waals surface area contributed by atoms with Gasteiger partial charge in [-0.15, -0.1) is 11.8 Å². The fourth-order valence-corrected chi connectivity index (χ4v) is 2.58. The monoisotopic (exact) mass is 278 g/mol. The van der Waals surface area contributed by atoms with E-state index in [1.54, 1.807) is 23.7 Å². The quantitative estimate of drug-likeness (QED) is 0.849. The van der Waals surface area contributed by atoms with Gasteiger partial charge in [-0.1, -0.05) is 12.1 Å². The lowest BCUT2D eigenvalue weighted by atomic mass is 10.1. The van der Waals surface area contributed by atoms with Gasteiger partial charge in [0.2, 0.25) is 11.8 Å². The van der Waals surface area contributed by atoms with Gasteiger partial charge in [0.25, 0.3) is 0 Å². The molecule has 0 aromatic heterocycles. The molecule has 4 nitrogen and oxygen atoms in total. The number of nitrogens with zero attached hydrogens (tertiary/aromatic N) is 1. The van der Waals surface area contributed by atoms with Crippen LogP contribution in [0.3, 0.4) is 0 Å². The van der Waals surface area contributed by atoms with E-state index in [1.807, 2.05) is 18.4 Å². The van der Waals surface area contributed by atoms with Gasteiger partial charge in [0, 0.05) is 31.5 Å². The van der Waals surface area contributed by atoms with Crippen molar-refractivity contribution in [3.8, 4) is 0 Å². The van der Waals surface area contributed by atoms with Gasteiger partial charge >= 0.3 is 0 Å². The number of thioether (sulfide) groups is 1. The molecule has 0 spiro atoms. The number of hydrogen-bond donors (Lipinski definition) is 1. The van der Waals surface area contributed by atoms with Crippen LogP contribution in [-0.4, -0.2) is 36.6 Å². The molecular formula is C14H18N2O2S. The Morgan fingerprint density at radius 3 is 2.63 bits per heavy atom. The summed E-state index contributed by atoms with van der Waals surface area (Å²) >= 11 is 1.70. The molecule has 1 fully saturated rings. The van der Waals surface area contributed by atoms with E-state index in [1.165, 1.54) is 4.90 Å². The van der Waals surface area contributed by atoms with E-state index >= 15 is 0 Å². The lowest BCUT2D eigenvalue weighted by Gasteiger charge is -2.20. The summed E-state index contributed by atoms with van der Waals surface area (Å²) in [6, 6.07) is 8.18. The molecule has 1 atom stereocenters. The number of nitrogens with one attached hydrogen (secondary N) is 1. The molecule has 1 aromatic carbocycles. The van der Waals surface area contributed by atoms with Crippen LogP contribution in [0.4, 0.5) is 0 Å². The maximum Gasteiger partial charge on any atom is 0.228 e. The van der Waals surface area contributed by atoms with E-state index < -0.39 is 0 Å². The van der Waals surface area contributed by atoms with Crippen LogP contribution in [0.2, 0.25) is 0 Å². The third-order valence-corrected chi connectivity index (χ3v) is 4.03. The van der Waals surface area contributed by atoms with Crippen molar-refractivity contribution >= 4 is 23.6 Å². The van der Waals surface area contributed by atoms with Crippen molar-refractivity contribution in [3.63, 3.8) is 0 Å². The van der Waals surface area contributed by atoms with Crippen LogP contribution >= 0.6 is 11.8 Å². The highest BCUT2D eigenvalue weighted by atomic mass is 32.2. The van der Waals surface area contributed by atoms with Gasteiger partial charge in [-0.05, 0) is 24.0 Å². The number of carbonyl (C=O) groups excluding carboxylic acids is 2. The maximum atomic E-state index is 12.1. The van der Waals surface area contributed by atoms with Gasteiger partial charge in [0.05, 0.1) is 5.92 Å². The van der Waals surface area contributed by atoms with E-state index in [4.69, 9.17) is 0 Å². The highest BCUT2D eigenvalue weighted by Gasteiger charge is 2.29. The van der Waals surface area contributed by atoms with Crippen molar-refractivity contribution in [2.45, 2.75) is 17.9 Å². The van der Waals surface area contributed by atoms with Crippen molar-refractivity contribution in [3.05, 3.63) is 29.8 Å². The molecule has 1 saturated heterocycles. The highest BCUT2D eigenvalue weighted by Crippen LogP contribution is 2.17. The van der Waals surface area contributed by atoms with Crippen molar-refractivity contribution in [1.82, 2.24) is 10.2 Å². The third kappa shape index (κ3) is 3.50. The maximum absolute atomic E-state index is 12.1. The Morgan fingerprint density at radius 1 is 1.42 bits per heavy atom. The SMILES string of the molecule is CSc1ccc(CN(C)C(=O)C2CNC(=O)C2)cc1. The summed E-state index contributed by atoms with van der Waals surface area (Å²) < 4.78 is 0. The summed E-state index contributed by atoms with van der Waals surface area (Å²) in [5.41, 5.74) is 1.10. The fourth-order valence-electron chi connectivity index (χ4n) is 2.17. The van der Waals surface area contributed by atoms with Crippen molar-refractivity contribution in [2.75, 3.05) is 19.8 Å². The topological polar surface area (TPSA) is 49.4 Å². The molecule has 0 radical (unpaired) electrons. The number of benzene rings is 1. The summed E-state index contributed by atoms with van der Waals surface area (Å²) in [6.07, 6.45) is 2.35. The first-order valence-corrected chi connectivity index (χ1v) is 7.47. The van der Waals surface area contributed by atoms with E-state index in [0.29, 0.717) is 19.5 Å². The van der Waals surface area contributed by atoms with Crippen LogP contribution in [0.25, 0.3) is 0 Å². The average molecular weight is 278 g/mol. The molecule has 19 heavy (non-hydrogen) atoms. The fraction of sp³-hybridized carbons (Fsp3) is 0.429. The molecule has 1 aromatic rings. The average Bonchev–Trinajstić information content (AvgIpc) is 2.85. The second-order valence-corrected chi connectivity index (χ2v) is 5.63. The van der Waals surface area contributed by atoms with Gasteiger partial charge in [0.1, 0.15) is 0 Å². The molecule has 0 bridgehead atoms. The van der Waals surface area contributed by atoms with E-state index in [-0.39, 0.29) is 17.7 Å². The Bertz CT molecular complexity index is 473. The molecule has 5 heteroatoms. The number of rotatable bonds is 4. The molecule has 102 valence electrons. The van der Waals surface area contributed by atoms with Crippen molar-refractivity contribution in [2.24, 2.45) is 5.92 Å². The normalized spacial score (nSPS) is 18.2. The Hall–Kier alpha value is -1.49. The van der Waals surface area contributed by atoms with Gasteiger partial charge in [-0.25, -0.2) is 0 Å². The van der Waals surface area contributed by atoms with Crippen molar-refractivity contribution in [1.29, 1.82) is 0 Å². The van der Waals surface area contributed by atoms with Gasteiger partial charge in [0.15, 0.2) is 0 Å². The minimum Gasteiger partial charge on any atom is -0.355 e. The molecule has 1 aliphatic rings. The highest BCUT2D eigenvalue weighted by molar-refractivity contribution is 7.98. The van der Waals surface area contributed by atoms with E-state index in [0.717, 1.165) is 5.56 Å². The molecule has 1 unspecified atom stereocenters. The van der Waals surface area contributed by atoms with Gasteiger partial charge in [-0.3, -0.25) is 9.59 Å². The van der Waals surface area contributed by atoms with Crippen LogP contribution in [0.5, 0.6) is 0 Å². The first-order chi connectivity index (χ1) is 9.10. The second kappa shape index (κ2) is 6.10. The molecule has 1 heterocycles. The molecule has 0 aliphatic carbocycles. The predicted octanol–water partition coefficient (Wildman–Crippen LogP) is 1.50. The first kappa shape index (κ1) is 13.9. The smallest absolute Gasteiger partial charge is 0.228 e. The Morgan fingerprint density at radius 2 is 2.11 bits per heavy atom. The summed E-state index contributed by atoms with van der Waals surface area (Å²) in [5, 5.41) is 2.70. The molecule has 1 N–H and O–H groups in total. The summed E-state index contributed by atoms with van der Waals surface area (Å²) in [6.45, 7) is 1.05. The zero-order valence-electron chi connectivity index (χ0n) is 11.2. The zero-order chi connectivity index (χ0) is 13.8. The van der Waals surface area contributed by atoms with E-state index in [9.17, 15) is 9.59 Å². The number of hydrogen-bond acceptors (Lipinski definition) is 3. The Balaban J connectivity index is 1.94. The number of carbonyl (C=O) groups is 2. The summed E-state index contributed by atoms with van der Waals surface area (Å²) in [7, 11) is 1.79. The van der Waals surface area contributed by atoms with E-state index in [2.05, 4.69) is 17.4 Å². The Labute approximate surface area is 117 Å². The standard InChI is InChI=1S/C14H18N2O2S/c1-16(14(18)11-7-13(17)15-8-11)9-10-3-5-12(19-2)6-4-10/h3-6,11H,7-9H2,1-2H3,(H,15,17). The second-order valence-electron chi connectivity index (χ2n) is 4.75. The lowest BCUT2D eigenvalue weighted by Crippen LogP contribution is -2.33. The summed E-state index contributed by atoms with van der Waals surface area (Å²) in [4.78, 5) is 26.2. The van der Waals surface area contributed by atoms with Gasteiger partial charge in [-0.2, -0.15) is 0 Å². The summed E-state index contributed by atoms with van der Waals surface area (Å²) in [5.74, 6) is -0.202. The van der Waals surface area contributed by atoms with Crippen LogP contribution in [-0.2, 0) is 16.1 Å². The van der Waals surface area contributed by atoms with Gasteiger partial charge < -0.3 is 10.2 Å². The molecule has 2 rings (SSSR count). The predicted molar refractivity (Wildman–Crippen MR) is 75.8 cm³/mol. The Kier molecular flexibility index (Phi) is 4.47. The molecular weight excluding hydrogens is 260 g/mol. The molecule has 1 aliphatic heterocycles. The first-order valence-electron chi connectivity index (χ1n) is 6.24. The number of amides is 2. The van der Waals surface area contributed by atoms with Crippen molar-refractivity contribution < 1.29 is 9.59 Å². The lowest BCUT2D eigenvalue weighted by molar-refractivity contribution is -0.135. The van der Waals surface area contributed by atoms with Crippen LogP contribution in [0, 0.1) is 5.92 Å². The third-order valence-electron chi connectivity index (χ3n) is 3.28. The van der Waals surface area contributed by atoms with Crippen LogP contribution in [0.15, 0.2) is 29.2 Å². The molecule has 0 saturated carbocycles. The minimum atomic E-state index is -0.206. The zero-order valence-corrected chi connectivity index (χ0v) is 12.0. The minimum absolute atomic E-state index is 0.0314.